The molecule has 228 valence electrons. The molecule has 2 saturated heterocycles. The summed E-state index contributed by atoms with van der Waals surface area (Å²) in [5, 5.41) is 23.4. The predicted octanol–water partition coefficient (Wildman–Crippen LogP) is 0.975. The molecule has 12 nitrogen and oxygen atoms in total. The van der Waals surface area contributed by atoms with Crippen molar-refractivity contribution in [1.29, 1.82) is 0 Å². The third-order valence-corrected chi connectivity index (χ3v) is 13.1. The lowest BCUT2D eigenvalue weighted by Crippen LogP contribution is -2.47. The summed E-state index contributed by atoms with van der Waals surface area (Å²) in [5.41, 5.74) is 0.277. The molecule has 2 aromatic heterocycles. The predicted molar refractivity (Wildman–Crippen MR) is 152 cm³/mol. The summed E-state index contributed by atoms with van der Waals surface area (Å²) in [6, 6.07) is 9.77. The molecule has 3 aromatic rings. The number of nitrogens with one attached hydrogen (secondary N) is 1. The van der Waals surface area contributed by atoms with E-state index >= 15 is 0 Å². The largest absolute Gasteiger partial charge is 0.491 e. The average molecular weight is 621 g/mol. The van der Waals surface area contributed by atoms with E-state index in [0.717, 1.165) is 0 Å². The second kappa shape index (κ2) is 11.2. The Morgan fingerprint density at radius 3 is 2.62 bits per heavy atom. The van der Waals surface area contributed by atoms with Crippen molar-refractivity contribution in [3.63, 3.8) is 0 Å². The molecule has 1 spiro atoms. The van der Waals surface area contributed by atoms with Gasteiger partial charge >= 0.3 is 0 Å². The average Bonchev–Trinajstić information content (AvgIpc) is 3.51. The number of piperidine rings is 1. The first-order valence-corrected chi connectivity index (χ1v) is 17.0. The van der Waals surface area contributed by atoms with Gasteiger partial charge in [0.05, 0.1) is 34.7 Å². The summed E-state index contributed by atoms with van der Waals surface area (Å²) in [6.07, 6.45) is 6.64. The van der Waals surface area contributed by atoms with Crippen LogP contribution in [0.4, 0.5) is 0 Å². The van der Waals surface area contributed by atoms with Crippen LogP contribution in [-0.2, 0) is 24.6 Å². The Labute approximate surface area is 245 Å². The highest BCUT2D eigenvalue weighted by atomic mass is 32.2. The standard InChI is InChI=1S/C28H36N4O8S2/c33-20-28(6-7-28)41(35,36)24-4-1-3-23(13-24)39-19-22(34)15-29-21-14-27(40-18-21)8-11-32(12-9-27)42(37,38)25-16-30-26-5-2-10-31(26)17-25/h1-5,10,13,16-17,21-22,29,33-34H,6-9,11-12,14-15,18-20H2/t21-,22+/m1/s1. The minimum atomic E-state index is -3.67. The van der Waals surface area contributed by atoms with Crippen LogP contribution < -0.4 is 10.1 Å². The van der Waals surface area contributed by atoms with Crippen molar-refractivity contribution in [3.05, 3.63) is 55.0 Å². The van der Waals surface area contributed by atoms with Crippen molar-refractivity contribution in [2.45, 2.75) is 64.4 Å². The summed E-state index contributed by atoms with van der Waals surface area (Å²) < 4.78 is 66.1. The van der Waals surface area contributed by atoms with E-state index in [1.54, 1.807) is 28.9 Å². The van der Waals surface area contributed by atoms with Gasteiger partial charge in [0.15, 0.2) is 9.84 Å². The van der Waals surface area contributed by atoms with Gasteiger partial charge in [0.25, 0.3) is 0 Å². The minimum absolute atomic E-state index is 0.00448. The maximum atomic E-state index is 13.2. The number of rotatable bonds is 11. The third-order valence-electron chi connectivity index (χ3n) is 8.69. The zero-order valence-electron chi connectivity index (χ0n) is 23.1. The van der Waals surface area contributed by atoms with Crippen LogP contribution in [0.3, 0.4) is 0 Å². The normalized spacial score (nSPS) is 22.9. The fourth-order valence-electron chi connectivity index (χ4n) is 5.83. The Bertz CT molecular complexity index is 1650. The van der Waals surface area contributed by atoms with Crippen LogP contribution in [-0.4, -0.2) is 103 Å². The molecule has 1 saturated carbocycles. The molecular weight excluding hydrogens is 584 g/mol. The molecule has 0 amide bonds. The Morgan fingerprint density at radius 1 is 1.10 bits per heavy atom. The molecule has 1 aliphatic carbocycles. The molecule has 14 heteroatoms. The summed E-state index contributed by atoms with van der Waals surface area (Å²) >= 11 is 0. The Balaban J connectivity index is 0.967. The Morgan fingerprint density at radius 2 is 1.88 bits per heavy atom. The van der Waals surface area contributed by atoms with Crippen molar-refractivity contribution in [1.82, 2.24) is 19.0 Å². The minimum Gasteiger partial charge on any atom is -0.491 e. The number of sulfonamides is 1. The highest BCUT2D eigenvalue weighted by Gasteiger charge is 2.54. The molecule has 6 rings (SSSR count). The molecule has 1 aromatic carbocycles. The van der Waals surface area contributed by atoms with Gasteiger partial charge in [-0.25, -0.2) is 21.8 Å². The number of aliphatic hydroxyl groups is 2. The Kier molecular flexibility index (Phi) is 7.83. The van der Waals surface area contributed by atoms with Crippen molar-refractivity contribution in [3.8, 4) is 5.75 Å². The highest BCUT2D eigenvalue weighted by molar-refractivity contribution is 7.93. The number of ether oxygens (including phenoxy) is 2. The summed E-state index contributed by atoms with van der Waals surface area (Å²) in [7, 11) is -7.34. The molecule has 0 unspecified atom stereocenters. The first-order valence-electron chi connectivity index (χ1n) is 14.1. The van der Waals surface area contributed by atoms with Gasteiger partial charge in [-0.3, -0.25) is 0 Å². The molecule has 2 aliphatic heterocycles. The van der Waals surface area contributed by atoms with E-state index in [0.29, 0.717) is 63.2 Å². The van der Waals surface area contributed by atoms with Gasteiger partial charge in [0.2, 0.25) is 10.0 Å². The molecule has 0 bridgehead atoms. The number of aromatic nitrogens is 2. The van der Waals surface area contributed by atoms with Crippen LogP contribution >= 0.6 is 0 Å². The first-order chi connectivity index (χ1) is 20.1. The van der Waals surface area contributed by atoms with Crippen LogP contribution in [0.1, 0.15) is 32.1 Å². The first kappa shape index (κ1) is 29.5. The van der Waals surface area contributed by atoms with Gasteiger partial charge in [0.1, 0.15) is 29.0 Å². The zero-order chi connectivity index (χ0) is 29.6. The zero-order valence-corrected chi connectivity index (χ0v) is 24.8. The van der Waals surface area contributed by atoms with Crippen molar-refractivity contribution in [2.75, 3.05) is 39.5 Å². The smallest absolute Gasteiger partial charge is 0.246 e. The third kappa shape index (κ3) is 5.56. The van der Waals surface area contributed by atoms with Crippen LogP contribution in [0, 0.1) is 0 Å². The number of hydrogen-bond acceptors (Lipinski definition) is 10. The van der Waals surface area contributed by atoms with E-state index in [-0.39, 0.29) is 29.0 Å². The Hall–Kier alpha value is -2.59. The molecule has 42 heavy (non-hydrogen) atoms. The van der Waals surface area contributed by atoms with Gasteiger partial charge < -0.3 is 29.4 Å². The number of sulfone groups is 1. The summed E-state index contributed by atoms with van der Waals surface area (Å²) in [4.78, 5) is 4.50. The second-order valence-corrected chi connectivity index (χ2v) is 15.8. The fraction of sp³-hybridized carbons (Fsp3) is 0.536. The van der Waals surface area contributed by atoms with Crippen LogP contribution in [0.5, 0.6) is 5.75 Å². The lowest BCUT2D eigenvalue weighted by molar-refractivity contribution is -0.0312. The van der Waals surface area contributed by atoms with Crippen LogP contribution in [0.25, 0.3) is 5.65 Å². The van der Waals surface area contributed by atoms with E-state index in [1.165, 1.54) is 22.6 Å². The molecule has 3 fully saturated rings. The summed E-state index contributed by atoms with van der Waals surface area (Å²) in [5.74, 6) is 0.331. The maximum Gasteiger partial charge on any atom is 0.246 e. The number of hydrogen-bond donors (Lipinski definition) is 3. The van der Waals surface area contributed by atoms with Gasteiger partial charge in [-0.15, -0.1) is 0 Å². The second-order valence-electron chi connectivity index (χ2n) is 11.6. The topological polar surface area (TPSA) is 160 Å². The maximum absolute atomic E-state index is 13.2. The SMILES string of the molecule is O=S(=O)(c1cnc2cccn2c1)N1CCC2(CC1)C[C@@H](NC[C@H](O)COc1cccc(S(=O)(=O)C3(CO)CC3)c1)CO2. The number of benzene rings is 1. The molecule has 0 radical (unpaired) electrons. The van der Waals surface area contributed by atoms with Crippen LogP contribution in [0.15, 0.2) is 64.8 Å². The van der Waals surface area contributed by atoms with Crippen molar-refractivity contribution in [2.24, 2.45) is 0 Å². The van der Waals surface area contributed by atoms with E-state index in [2.05, 4.69) is 10.3 Å². The van der Waals surface area contributed by atoms with Gasteiger partial charge in [0, 0.05) is 38.1 Å². The monoisotopic (exact) mass is 620 g/mol. The van der Waals surface area contributed by atoms with E-state index in [1.807, 2.05) is 12.1 Å². The molecule has 3 aliphatic rings. The van der Waals surface area contributed by atoms with Gasteiger partial charge in [-0.1, -0.05) is 6.07 Å². The molecular formula is C28H36N4O8S2. The van der Waals surface area contributed by atoms with Crippen LogP contribution in [0.2, 0.25) is 0 Å². The number of nitrogens with zero attached hydrogens (tertiary/aromatic N) is 3. The van der Waals surface area contributed by atoms with Crippen molar-refractivity contribution >= 4 is 25.5 Å². The molecule has 4 heterocycles. The molecule has 2 atom stereocenters. The quantitative estimate of drug-likeness (QED) is 0.282. The summed E-state index contributed by atoms with van der Waals surface area (Å²) in [6.45, 7) is 0.980. The van der Waals surface area contributed by atoms with E-state index in [4.69, 9.17) is 9.47 Å². The van der Waals surface area contributed by atoms with Crippen molar-refractivity contribution < 1.29 is 36.5 Å². The fourth-order valence-corrected chi connectivity index (χ4v) is 9.06. The van der Waals surface area contributed by atoms with E-state index in [9.17, 15) is 27.0 Å². The number of fused-ring (bicyclic) bond motifs is 1. The number of aliphatic hydroxyl groups excluding tert-OH is 2. The lowest BCUT2D eigenvalue weighted by Gasteiger charge is -2.38. The lowest BCUT2D eigenvalue weighted by atomic mass is 9.88. The highest BCUT2D eigenvalue weighted by Crippen LogP contribution is 2.46. The van der Waals surface area contributed by atoms with Gasteiger partial charge in [-0.2, -0.15) is 4.31 Å². The van der Waals surface area contributed by atoms with Gasteiger partial charge in [-0.05, 0) is 62.4 Å². The van der Waals surface area contributed by atoms with E-state index < -0.39 is 42.9 Å². The molecule has 3 N–H and O–H groups in total.